The first-order valence-corrected chi connectivity index (χ1v) is 5.90. The van der Waals surface area contributed by atoms with Crippen LogP contribution in [0.1, 0.15) is 17.4 Å². The van der Waals surface area contributed by atoms with Gasteiger partial charge in [-0.15, -0.1) is 0 Å². The van der Waals surface area contributed by atoms with Crippen LogP contribution in [0.3, 0.4) is 0 Å². The van der Waals surface area contributed by atoms with Crippen LogP contribution in [0.4, 0.5) is 5.82 Å². The first-order valence-electron chi connectivity index (χ1n) is 5.52. The van der Waals surface area contributed by atoms with Gasteiger partial charge in [-0.1, -0.05) is 11.6 Å². The third-order valence-electron chi connectivity index (χ3n) is 2.23. The molecule has 1 amide bonds. The number of rotatable bonds is 5. The second-order valence-electron chi connectivity index (χ2n) is 4.31. The molecule has 1 heterocycles. The fourth-order valence-electron chi connectivity index (χ4n) is 1.57. The number of likely N-dealkylation sites (N-methyl/N-ethyl adjacent to an activating group) is 1. The van der Waals surface area contributed by atoms with Crippen molar-refractivity contribution in [2.75, 3.05) is 26.1 Å². The summed E-state index contributed by atoms with van der Waals surface area (Å²) in [4.78, 5) is 18.0. The van der Waals surface area contributed by atoms with Crippen LogP contribution in [0.2, 0.25) is 5.02 Å². The SMILES string of the molecule is CC(CN(C)C)NC(=O)c1nc(NN)ccc1Cl. The maximum absolute atomic E-state index is 12.0. The van der Waals surface area contributed by atoms with Crippen LogP contribution in [0.5, 0.6) is 0 Å². The van der Waals surface area contributed by atoms with Gasteiger partial charge in [0.05, 0.1) is 5.02 Å². The van der Waals surface area contributed by atoms with Gasteiger partial charge in [-0.2, -0.15) is 0 Å². The Morgan fingerprint density at radius 2 is 2.22 bits per heavy atom. The number of hydrogen-bond donors (Lipinski definition) is 3. The van der Waals surface area contributed by atoms with Gasteiger partial charge in [0.25, 0.3) is 5.91 Å². The zero-order valence-electron chi connectivity index (χ0n) is 10.7. The summed E-state index contributed by atoms with van der Waals surface area (Å²) in [5.41, 5.74) is 2.54. The number of carbonyl (C=O) groups is 1. The molecule has 6 nitrogen and oxygen atoms in total. The van der Waals surface area contributed by atoms with Crippen molar-refractivity contribution in [2.24, 2.45) is 5.84 Å². The number of nitrogens with one attached hydrogen (secondary N) is 2. The summed E-state index contributed by atoms with van der Waals surface area (Å²) >= 11 is 5.93. The van der Waals surface area contributed by atoms with Crippen LogP contribution < -0.4 is 16.6 Å². The van der Waals surface area contributed by atoms with Crippen molar-refractivity contribution in [3.05, 3.63) is 22.8 Å². The predicted molar refractivity (Wildman–Crippen MR) is 72.5 cm³/mol. The van der Waals surface area contributed by atoms with E-state index in [1.807, 2.05) is 25.9 Å². The quantitative estimate of drug-likeness (QED) is 0.542. The van der Waals surface area contributed by atoms with Gasteiger partial charge in [0.2, 0.25) is 0 Å². The van der Waals surface area contributed by atoms with Crippen molar-refractivity contribution < 1.29 is 4.79 Å². The van der Waals surface area contributed by atoms with Crippen molar-refractivity contribution in [1.82, 2.24) is 15.2 Å². The van der Waals surface area contributed by atoms with E-state index in [1.165, 1.54) is 0 Å². The standard InChI is InChI=1S/C11H18ClN5O/c1-7(6-17(2)3)14-11(18)10-8(12)4-5-9(15-10)16-13/h4-5,7H,6,13H2,1-3H3,(H,14,18)(H,15,16). The van der Waals surface area contributed by atoms with E-state index in [9.17, 15) is 4.79 Å². The molecule has 0 aromatic carbocycles. The molecule has 1 aromatic rings. The Balaban J connectivity index is 2.77. The minimum absolute atomic E-state index is 0.000131. The molecule has 0 fully saturated rings. The molecule has 100 valence electrons. The summed E-state index contributed by atoms with van der Waals surface area (Å²) in [6.07, 6.45) is 0. The summed E-state index contributed by atoms with van der Waals surface area (Å²) in [6.45, 7) is 2.65. The Morgan fingerprint density at radius 1 is 1.56 bits per heavy atom. The average molecular weight is 272 g/mol. The van der Waals surface area contributed by atoms with Crippen molar-refractivity contribution in [3.63, 3.8) is 0 Å². The van der Waals surface area contributed by atoms with Crippen LogP contribution in [-0.2, 0) is 0 Å². The van der Waals surface area contributed by atoms with Crippen LogP contribution in [-0.4, -0.2) is 42.5 Å². The third kappa shape index (κ3) is 4.14. The van der Waals surface area contributed by atoms with Crippen LogP contribution in [0, 0.1) is 0 Å². The van der Waals surface area contributed by atoms with Crippen molar-refractivity contribution in [2.45, 2.75) is 13.0 Å². The van der Waals surface area contributed by atoms with Gasteiger partial charge in [-0.25, -0.2) is 10.8 Å². The number of hydrazine groups is 1. The highest BCUT2D eigenvalue weighted by atomic mass is 35.5. The second-order valence-corrected chi connectivity index (χ2v) is 4.72. The average Bonchev–Trinajstić information content (AvgIpc) is 2.28. The summed E-state index contributed by atoms with van der Waals surface area (Å²) in [6, 6.07) is 3.18. The predicted octanol–water partition coefficient (Wildman–Crippen LogP) is 0.700. The molecule has 7 heteroatoms. The Morgan fingerprint density at radius 3 is 2.78 bits per heavy atom. The summed E-state index contributed by atoms with van der Waals surface area (Å²) < 4.78 is 0. The topological polar surface area (TPSA) is 83.3 Å². The number of nitrogens with zero attached hydrogens (tertiary/aromatic N) is 2. The number of aromatic nitrogens is 1. The van der Waals surface area contributed by atoms with E-state index in [0.29, 0.717) is 10.8 Å². The molecule has 1 aromatic heterocycles. The molecule has 0 aliphatic heterocycles. The lowest BCUT2D eigenvalue weighted by Crippen LogP contribution is -2.40. The first-order chi connectivity index (χ1) is 8.43. The second kappa shape index (κ2) is 6.53. The molecule has 0 bridgehead atoms. The fraction of sp³-hybridized carbons (Fsp3) is 0.455. The molecule has 4 N–H and O–H groups in total. The highest BCUT2D eigenvalue weighted by Gasteiger charge is 2.15. The number of amides is 1. The minimum Gasteiger partial charge on any atom is -0.347 e. The van der Waals surface area contributed by atoms with Gasteiger partial charge in [-0.3, -0.25) is 4.79 Å². The Hall–Kier alpha value is -1.37. The molecule has 0 saturated carbocycles. The Labute approximate surface area is 111 Å². The zero-order valence-corrected chi connectivity index (χ0v) is 11.5. The Bertz CT molecular complexity index is 424. The molecule has 0 radical (unpaired) electrons. The van der Waals surface area contributed by atoms with Gasteiger partial charge in [0.1, 0.15) is 11.5 Å². The van der Waals surface area contributed by atoms with Gasteiger partial charge in [-0.05, 0) is 33.2 Å². The molecule has 0 aliphatic carbocycles. The van der Waals surface area contributed by atoms with Crippen molar-refractivity contribution >= 4 is 23.3 Å². The van der Waals surface area contributed by atoms with Crippen molar-refractivity contribution in [3.8, 4) is 0 Å². The molecule has 1 atom stereocenters. The number of hydrogen-bond acceptors (Lipinski definition) is 5. The summed E-state index contributed by atoms with van der Waals surface area (Å²) in [7, 11) is 3.87. The third-order valence-corrected chi connectivity index (χ3v) is 2.53. The van der Waals surface area contributed by atoms with Crippen LogP contribution in [0.15, 0.2) is 12.1 Å². The molecule has 1 rings (SSSR count). The maximum atomic E-state index is 12.0. The van der Waals surface area contributed by atoms with Crippen LogP contribution >= 0.6 is 11.6 Å². The summed E-state index contributed by atoms with van der Waals surface area (Å²) in [5, 5.41) is 3.12. The zero-order chi connectivity index (χ0) is 13.7. The Kier molecular flexibility index (Phi) is 5.33. The molecule has 0 saturated heterocycles. The lowest BCUT2D eigenvalue weighted by Gasteiger charge is -2.18. The monoisotopic (exact) mass is 271 g/mol. The first kappa shape index (κ1) is 14.7. The van der Waals surface area contributed by atoms with Gasteiger partial charge in [0, 0.05) is 12.6 Å². The van der Waals surface area contributed by atoms with Gasteiger partial charge in [0.15, 0.2) is 0 Å². The van der Waals surface area contributed by atoms with Crippen LogP contribution in [0.25, 0.3) is 0 Å². The number of halogens is 1. The van der Waals surface area contributed by atoms with E-state index in [2.05, 4.69) is 15.7 Å². The van der Waals surface area contributed by atoms with E-state index in [1.54, 1.807) is 12.1 Å². The number of nitrogen functional groups attached to an aromatic ring is 1. The van der Waals surface area contributed by atoms with Gasteiger partial charge >= 0.3 is 0 Å². The molecule has 0 aliphatic rings. The molecule has 1 unspecified atom stereocenters. The molecular weight excluding hydrogens is 254 g/mol. The number of anilines is 1. The van der Waals surface area contributed by atoms with E-state index in [-0.39, 0.29) is 17.6 Å². The number of carbonyl (C=O) groups excluding carboxylic acids is 1. The lowest BCUT2D eigenvalue weighted by molar-refractivity contribution is 0.0929. The van der Waals surface area contributed by atoms with Crippen molar-refractivity contribution in [1.29, 1.82) is 0 Å². The maximum Gasteiger partial charge on any atom is 0.271 e. The number of nitrogens with two attached hydrogens (primary N) is 1. The summed E-state index contributed by atoms with van der Waals surface area (Å²) in [5.74, 6) is 5.32. The van der Waals surface area contributed by atoms with E-state index in [0.717, 1.165) is 6.54 Å². The number of pyridine rings is 1. The van der Waals surface area contributed by atoms with E-state index < -0.39 is 0 Å². The largest absolute Gasteiger partial charge is 0.347 e. The fourth-order valence-corrected chi connectivity index (χ4v) is 1.76. The normalized spacial score (nSPS) is 12.3. The van der Waals surface area contributed by atoms with E-state index in [4.69, 9.17) is 17.4 Å². The van der Waals surface area contributed by atoms with E-state index >= 15 is 0 Å². The lowest BCUT2D eigenvalue weighted by atomic mass is 10.2. The molecule has 0 spiro atoms. The molecule has 18 heavy (non-hydrogen) atoms. The smallest absolute Gasteiger partial charge is 0.271 e. The highest BCUT2D eigenvalue weighted by Crippen LogP contribution is 2.16. The van der Waals surface area contributed by atoms with Gasteiger partial charge < -0.3 is 15.6 Å². The highest BCUT2D eigenvalue weighted by molar-refractivity contribution is 6.33. The minimum atomic E-state index is -0.313. The molecular formula is C11H18ClN5O.